The van der Waals surface area contributed by atoms with Gasteiger partial charge < -0.3 is 10.1 Å². The quantitative estimate of drug-likeness (QED) is 0.753. The van der Waals surface area contributed by atoms with Crippen molar-refractivity contribution in [2.24, 2.45) is 0 Å². The van der Waals surface area contributed by atoms with Gasteiger partial charge in [0.1, 0.15) is 12.4 Å². The zero-order valence-electron chi connectivity index (χ0n) is 13.7. The number of rotatable bonds is 5. The Labute approximate surface area is 138 Å². The van der Waals surface area contributed by atoms with Crippen LogP contribution in [-0.4, -0.2) is 4.99 Å². The number of hydrogen-bond donors (Lipinski definition) is 1. The molecule has 0 atom stereocenters. The lowest BCUT2D eigenvalue weighted by molar-refractivity contribution is 0.304. The molecule has 0 spiro atoms. The molecule has 2 aromatic rings. The molecule has 2 aromatic carbocycles. The van der Waals surface area contributed by atoms with Crippen molar-refractivity contribution in [2.75, 3.05) is 5.32 Å². The summed E-state index contributed by atoms with van der Waals surface area (Å²) < 4.78 is 6.03. The number of benzene rings is 2. The average molecular weight is 313 g/mol. The molecule has 0 amide bonds. The normalized spacial score (nSPS) is 10.4. The predicted molar refractivity (Wildman–Crippen MR) is 97.9 cm³/mol. The van der Waals surface area contributed by atoms with Crippen molar-refractivity contribution in [3.05, 3.63) is 58.7 Å². The van der Waals surface area contributed by atoms with Crippen LogP contribution < -0.4 is 10.1 Å². The Bertz CT molecular complexity index is 679. The van der Waals surface area contributed by atoms with Crippen LogP contribution in [0.3, 0.4) is 0 Å². The molecule has 3 heteroatoms. The van der Waals surface area contributed by atoms with E-state index in [0.717, 1.165) is 34.0 Å². The summed E-state index contributed by atoms with van der Waals surface area (Å²) in [6, 6.07) is 12.4. The average Bonchev–Trinajstić information content (AvgIpc) is 2.50. The van der Waals surface area contributed by atoms with E-state index in [9.17, 15) is 0 Å². The molecule has 2 rings (SSSR count). The zero-order valence-corrected chi connectivity index (χ0v) is 14.5. The summed E-state index contributed by atoms with van der Waals surface area (Å²) in [4.78, 5) is 0.842. The smallest absolute Gasteiger partial charge is 0.123 e. The maximum absolute atomic E-state index is 6.03. The van der Waals surface area contributed by atoms with E-state index in [2.05, 4.69) is 44.3 Å². The van der Waals surface area contributed by atoms with Crippen LogP contribution >= 0.6 is 12.2 Å². The first kappa shape index (κ1) is 16.5. The molecule has 2 nitrogen and oxygen atoms in total. The van der Waals surface area contributed by atoms with Crippen molar-refractivity contribution < 1.29 is 4.74 Å². The van der Waals surface area contributed by atoms with Gasteiger partial charge in [-0.15, -0.1) is 0 Å². The Morgan fingerprint density at radius 2 is 1.73 bits per heavy atom. The lowest BCUT2D eigenvalue weighted by Gasteiger charge is -2.15. The summed E-state index contributed by atoms with van der Waals surface area (Å²) in [6.07, 6.45) is 0.834. The van der Waals surface area contributed by atoms with Crippen molar-refractivity contribution in [3.8, 4) is 5.75 Å². The number of nitrogens with one attached hydrogen (secondary N) is 1. The van der Waals surface area contributed by atoms with Crippen LogP contribution in [0.1, 0.15) is 35.6 Å². The Kier molecular flexibility index (Phi) is 5.56. The van der Waals surface area contributed by atoms with Gasteiger partial charge in [0.25, 0.3) is 0 Å². The van der Waals surface area contributed by atoms with Gasteiger partial charge in [0.05, 0.1) is 4.99 Å². The number of thiocarbonyl (C=S) groups is 1. The minimum absolute atomic E-state index is 0.527. The standard InChI is InChI=1S/C19H23NOS/c1-5-19(22)20-17-9-7-6-8-16(17)12-21-18-11-14(3)13(2)10-15(18)4/h6-11H,5,12H2,1-4H3,(H,20,22). The van der Waals surface area contributed by atoms with Crippen LogP contribution in [0.15, 0.2) is 36.4 Å². The number of aryl methyl sites for hydroxylation is 3. The number of hydrogen-bond acceptors (Lipinski definition) is 2. The minimum atomic E-state index is 0.527. The Balaban J connectivity index is 2.15. The lowest BCUT2D eigenvalue weighted by atomic mass is 10.1. The molecule has 0 saturated carbocycles. The van der Waals surface area contributed by atoms with Crippen molar-refractivity contribution in [1.82, 2.24) is 0 Å². The van der Waals surface area contributed by atoms with Crippen molar-refractivity contribution in [2.45, 2.75) is 40.7 Å². The minimum Gasteiger partial charge on any atom is -0.489 e. The fraction of sp³-hybridized carbons (Fsp3) is 0.316. The molecule has 1 N–H and O–H groups in total. The van der Waals surface area contributed by atoms with Crippen LogP contribution in [0.25, 0.3) is 0 Å². The summed E-state index contributed by atoms with van der Waals surface area (Å²) in [6.45, 7) is 8.89. The third-order valence-corrected chi connectivity index (χ3v) is 4.18. The topological polar surface area (TPSA) is 21.3 Å². The maximum Gasteiger partial charge on any atom is 0.123 e. The third kappa shape index (κ3) is 4.08. The van der Waals surface area contributed by atoms with Gasteiger partial charge in [-0.3, -0.25) is 0 Å². The van der Waals surface area contributed by atoms with Crippen LogP contribution in [0.4, 0.5) is 5.69 Å². The Morgan fingerprint density at radius 1 is 1.05 bits per heavy atom. The van der Waals surface area contributed by atoms with E-state index in [1.165, 1.54) is 11.1 Å². The van der Waals surface area contributed by atoms with Gasteiger partial charge in [0.2, 0.25) is 0 Å². The summed E-state index contributed by atoms with van der Waals surface area (Å²) in [5, 5.41) is 3.28. The maximum atomic E-state index is 6.03. The third-order valence-electron chi connectivity index (χ3n) is 3.79. The molecular weight excluding hydrogens is 290 g/mol. The van der Waals surface area contributed by atoms with E-state index in [0.29, 0.717) is 6.61 Å². The molecular formula is C19H23NOS. The van der Waals surface area contributed by atoms with Gasteiger partial charge in [-0.05, 0) is 56.0 Å². The fourth-order valence-electron chi connectivity index (χ4n) is 2.25. The van der Waals surface area contributed by atoms with Crippen molar-refractivity contribution in [3.63, 3.8) is 0 Å². The van der Waals surface area contributed by atoms with Gasteiger partial charge in [0.15, 0.2) is 0 Å². The van der Waals surface area contributed by atoms with Crippen LogP contribution in [0, 0.1) is 20.8 Å². The van der Waals surface area contributed by atoms with E-state index < -0.39 is 0 Å². The highest BCUT2D eigenvalue weighted by Crippen LogP contribution is 2.25. The van der Waals surface area contributed by atoms with Gasteiger partial charge in [-0.2, -0.15) is 0 Å². The van der Waals surface area contributed by atoms with E-state index in [1.54, 1.807) is 0 Å². The first-order valence-corrected chi connectivity index (χ1v) is 8.00. The molecule has 0 unspecified atom stereocenters. The molecule has 0 heterocycles. The molecule has 0 saturated heterocycles. The van der Waals surface area contributed by atoms with Crippen LogP contribution in [0.5, 0.6) is 5.75 Å². The molecule has 0 radical (unpaired) electrons. The van der Waals surface area contributed by atoms with Crippen LogP contribution in [-0.2, 0) is 6.61 Å². The highest BCUT2D eigenvalue weighted by Gasteiger charge is 2.07. The number of para-hydroxylation sites is 1. The van der Waals surface area contributed by atoms with Crippen molar-refractivity contribution >= 4 is 22.9 Å². The molecule has 0 aromatic heterocycles. The van der Waals surface area contributed by atoms with E-state index in [1.807, 2.05) is 25.1 Å². The molecule has 22 heavy (non-hydrogen) atoms. The summed E-state index contributed by atoms with van der Waals surface area (Å²) in [7, 11) is 0. The molecule has 116 valence electrons. The second-order valence-electron chi connectivity index (χ2n) is 5.55. The predicted octanol–water partition coefficient (Wildman–Crippen LogP) is 5.34. The Morgan fingerprint density at radius 3 is 2.45 bits per heavy atom. The van der Waals surface area contributed by atoms with E-state index in [-0.39, 0.29) is 0 Å². The molecule has 0 aliphatic carbocycles. The monoisotopic (exact) mass is 313 g/mol. The summed E-state index contributed by atoms with van der Waals surface area (Å²) in [5.74, 6) is 0.941. The first-order valence-electron chi connectivity index (χ1n) is 7.59. The van der Waals surface area contributed by atoms with Gasteiger partial charge in [-0.25, -0.2) is 0 Å². The molecule has 0 aliphatic heterocycles. The SMILES string of the molecule is CCC(=S)Nc1ccccc1COc1cc(C)c(C)cc1C. The number of anilines is 1. The number of ether oxygens (including phenoxy) is 1. The van der Waals surface area contributed by atoms with Gasteiger partial charge >= 0.3 is 0 Å². The first-order chi connectivity index (χ1) is 10.5. The second-order valence-corrected chi connectivity index (χ2v) is 6.04. The van der Waals surface area contributed by atoms with Gasteiger partial charge in [0, 0.05) is 11.3 Å². The highest BCUT2D eigenvalue weighted by atomic mass is 32.1. The van der Waals surface area contributed by atoms with E-state index in [4.69, 9.17) is 17.0 Å². The lowest BCUT2D eigenvalue weighted by Crippen LogP contribution is -2.10. The molecule has 0 bridgehead atoms. The fourth-order valence-corrected chi connectivity index (χ4v) is 2.36. The zero-order chi connectivity index (χ0) is 16.1. The van der Waals surface area contributed by atoms with Gasteiger partial charge in [-0.1, -0.05) is 43.4 Å². The largest absolute Gasteiger partial charge is 0.489 e. The summed E-state index contributed by atoms with van der Waals surface area (Å²) >= 11 is 5.27. The molecule has 0 fully saturated rings. The summed E-state index contributed by atoms with van der Waals surface area (Å²) in [5.41, 5.74) is 5.84. The second kappa shape index (κ2) is 7.41. The highest BCUT2D eigenvalue weighted by molar-refractivity contribution is 7.80. The van der Waals surface area contributed by atoms with Crippen molar-refractivity contribution in [1.29, 1.82) is 0 Å². The van der Waals surface area contributed by atoms with Crippen LogP contribution in [0.2, 0.25) is 0 Å². The van der Waals surface area contributed by atoms with E-state index >= 15 is 0 Å². The Hall–Kier alpha value is -1.87. The molecule has 0 aliphatic rings.